The number of methoxy groups -OCH3 is 1. The Balaban J connectivity index is 1.25. The maximum Gasteiger partial charge on any atom is 0.246 e. The van der Waals surface area contributed by atoms with Gasteiger partial charge in [-0.25, -0.2) is 22.8 Å². The highest BCUT2D eigenvalue weighted by Gasteiger charge is 2.48. The molecule has 5 atom stereocenters. The molecule has 4 aliphatic heterocycles. The minimum atomic E-state index is -3.31. The number of alkyl halides is 1. The molecule has 280 valence electrons. The number of halogens is 1. The Labute approximate surface area is 305 Å². The van der Waals surface area contributed by atoms with Crippen LogP contribution in [0.25, 0.3) is 10.8 Å². The van der Waals surface area contributed by atoms with Crippen LogP contribution in [-0.2, 0) is 19.4 Å². The van der Waals surface area contributed by atoms with Crippen molar-refractivity contribution in [2.45, 2.75) is 88.0 Å². The number of nitrogens with zero attached hydrogens (tertiary/aromatic N) is 6. The molecule has 1 aromatic carbocycles. The van der Waals surface area contributed by atoms with Gasteiger partial charge in [-0.2, -0.15) is 4.98 Å². The first-order chi connectivity index (χ1) is 24.8. The lowest BCUT2D eigenvalue weighted by Crippen LogP contribution is -2.57. The number of aromatic nitrogens is 3. The van der Waals surface area contributed by atoms with Crippen molar-refractivity contribution in [3.63, 3.8) is 0 Å². The minimum absolute atomic E-state index is 0.00237. The largest absolute Gasteiger partial charge is 0.390 e. The van der Waals surface area contributed by atoms with E-state index in [0.717, 1.165) is 40.4 Å². The Morgan fingerprint density at radius 1 is 1.13 bits per heavy atom. The van der Waals surface area contributed by atoms with E-state index in [0.29, 0.717) is 50.2 Å². The molecular formula is C38H50FN7O5S. The highest BCUT2D eigenvalue weighted by Crippen LogP contribution is 2.46. The van der Waals surface area contributed by atoms with Crippen LogP contribution in [0.1, 0.15) is 76.0 Å². The number of benzene rings is 1. The molecule has 4 aliphatic rings. The average Bonchev–Trinajstić information content (AvgIpc) is 3.58. The van der Waals surface area contributed by atoms with E-state index in [4.69, 9.17) is 14.7 Å². The number of sulfone groups is 1. The Kier molecular flexibility index (Phi) is 9.94. The number of ether oxygens (including phenoxy) is 1. The van der Waals surface area contributed by atoms with Crippen LogP contribution in [0.4, 0.5) is 27.7 Å². The van der Waals surface area contributed by atoms with E-state index in [1.165, 1.54) is 13.2 Å². The Morgan fingerprint density at radius 2 is 1.92 bits per heavy atom. The van der Waals surface area contributed by atoms with Crippen LogP contribution in [0.2, 0.25) is 0 Å². The first-order valence-electron chi connectivity index (χ1n) is 18.4. The second-order valence-corrected chi connectivity index (χ2v) is 17.8. The van der Waals surface area contributed by atoms with Gasteiger partial charge in [0.15, 0.2) is 9.84 Å². The monoisotopic (exact) mass is 735 g/mol. The summed E-state index contributed by atoms with van der Waals surface area (Å²) in [5, 5.41) is 15.5. The van der Waals surface area contributed by atoms with Crippen LogP contribution in [0.3, 0.4) is 0 Å². The fraction of sp³-hybridized carbons (Fsp3) is 0.579. The van der Waals surface area contributed by atoms with Crippen LogP contribution in [-0.4, -0.2) is 108 Å². The number of amides is 1. The van der Waals surface area contributed by atoms with Crippen molar-refractivity contribution in [3.8, 4) is 0 Å². The smallest absolute Gasteiger partial charge is 0.246 e. The van der Waals surface area contributed by atoms with Crippen molar-refractivity contribution in [1.82, 2.24) is 19.9 Å². The van der Waals surface area contributed by atoms with Crippen LogP contribution in [0.5, 0.6) is 0 Å². The number of hydrogen-bond acceptors (Lipinski definition) is 11. The molecule has 1 amide bonds. The Morgan fingerprint density at radius 3 is 2.63 bits per heavy atom. The quantitative estimate of drug-likeness (QED) is 0.285. The predicted molar refractivity (Wildman–Crippen MR) is 201 cm³/mol. The molecule has 6 heterocycles. The van der Waals surface area contributed by atoms with Crippen molar-refractivity contribution in [2.75, 3.05) is 60.7 Å². The third-order valence-electron chi connectivity index (χ3n) is 11.5. The number of nitrogens with one attached hydrogen (secondary N) is 1. The summed E-state index contributed by atoms with van der Waals surface area (Å²) < 4.78 is 46.3. The van der Waals surface area contributed by atoms with Gasteiger partial charge in [0.2, 0.25) is 11.9 Å². The van der Waals surface area contributed by atoms with Crippen LogP contribution >= 0.6 is 0 Å². The first-order valence-corrected chi connectivity index (χ1v) is 20.1. The summed E-state index contributed by atoms with van der Waals surface area (Å²) >= 11 is 0. The molecule has 0 saturated carbocycles. The van der Waals surface area contributed by atoms with Crippen molar-refractivity contribution in [2.24, 2.45) is 5.92 Å². The van der Waals surface area contributed by atoms with E-state index in [1.807, 2.05) is 22.1 Å². The number of fused-ring (bicyclic) bond motifs is 1. The molecule has 0 radical (unpaired) electrons. The lowest BCUT2D eigenvalue weighted by molar-refractivity contribution is -0.126. The highest BCUT2D eigenvalue weighted by atomic mass is 32.2. The molecule has 0 bridgehead atoms. The van der Waals surface area contributed by atoms with Crippen molar-refractivity contribution in [3.05, 3.63) is 54.4 Å². The number of anilines is 4. The summed E-state index contributed by atoms with van der Waals surface area (Å²) in [6.07, 6.45) is 6.05. The normalized spacial score (nSPS) is 27.9. The van der Waals surface area contributed by atoms with Crippen molar-refractivity contribution in [1.29, 1.82) is 0 Å². The van der Waals surface area contributed by atoms with Crippen molar-refractivity contribution < 1.29 is 27.4 Å². The molecular weight excluding hydrogens is 686 g/mol. The van der Waals surface area contributed by atoms with Gasteiger partial charge in [-0.05, 0) is 85.7 Å². The lowest BCUT2D eigenvalue weighted by atomic mass is 9.84. The van der Waals surface area contributed by atoms with Gasteiger partial charge in [-0.15, -0.1) is 0 Å². The van der Waals surface area contributed by atoms with Gasteiger partial charge in [0.25, 0.3) is 0 Å². The topological polar surface area (TPSA) is 141 Å². The number of carbonyl (C=O) groups is 1. The third kappa shape index (κ3) is 6.96. The molecule has 4 saturated heterocycles. The van der Waals surface area contributed by atoms with Crippen LogP contribution < -0.4 is 15.1 Å². The number of rotatable bonds is 9. The van der Waals surface area contributed by atoms with E-state index in [1.54, 1.807) is 19.2 Å². The van der Waals surface area contributed by atoms with Gasteiger partial charge in [0.1, 0.15) is 17.8 Å². The summed E-state index contributed by atoms with van der Waals surface area (Å²) in [6.45, 7) is 12.3. The maximum absolute atomic E-state index is 14.7. The Bertz CT molecular complexity index is 1950. The molecule has 14 heteroatoms. The molecule has 4 fully saturated rings. The number of likely N-dealkylation sites (tertiary alicyclic amines) is 1. The summed E-state index contributed by atoms with van der Waals surface area (Å²) in [5.41, 5.74) is 2.16. The highest BCUT2D eigenvalue weighted by molar-refractivity contribution is 7.92. The molecule has 2 N–H and O–H groups in total. The predicted octanol–water partition coefficient (Wildman–Crippen LogP) is 5.07. The lowest BCUT2D eigenvalue weighted by Gasteiger charge is -2.48. The Hall–Kier alpha value is -3.88. The summed E-state index contributed by atoms with van der Waals surface area (Å²) in [6, 6.07) is 5.83. The van der Waals surface area contributed by atoms with Gasteiger partial charge in [0.05, 0.1) is 35.3 Å². The summed E-state index contributed by atoms with van der Waals surface area (Å²) in [7, 11) is -1.78. The third-order valence-corrected chi connectivity index (χ3v) is 13.7. The molecule has 0 spiro atoms. The fourth-order valence-corrected chi connectivity index (χ4v) is 11.1. The molecule has 2 aromatic heterocycles. The van der Waals surface area contributed by atoms with E-state index >= 15 is 0 Å². The second kappa shape index (κ2) is 14.2. The zero-order valence-electron chi connectivity index (χ0n) is 30.5. The van der Waals surface area contributed by atoms with Crippen LogP contribution in [0.15, 0.2) is 43.2 Å². The second-order valence-electron chi connectivity index (χ2n) is 15.5. The molecule has 7 rings (SSSR count). The molecule has 52 heavy (non-hydrogen) atoms. The first kappa shape index (κ1) is 36.5. The number of hydrogen-bond donors (Lipinski definition) is 2. The number of carbonyl (C=O) groups excluding carboxylic acids is 1. The average molecular weight is 736 g/mol. The molecule has 3 aromatic rings. The summed E-state index contributed by atoms with van der Waals surface area (Å²) in [5.74, 6) is 1.44. The van der Waals surface area contributed by atoms with E-state index in [-0.39, 0.29) is 48.9 Å². The van der Waals surface area contributed by atoms with Gasteiger partial charge in [-0.1, -0.05) is 20.4 Å². The molecule has 12 nitrogen and oxygen atoms in total. The molecule has 0 aliphatic carbocycles. The number of piperidine rings is 1. The summed E-state index contributed by atoms with van der Waals surface area (Å²) in [4.78, 5) is 32.9. The fourth-order valence-electron chi connectivity index (χ4n) is 8.67. The van der Waals surface area contributed by atoms with E-state index < -0.39 is 33.0 Å². The van der Waals surface area contributed by atoms with Gasteiger partial charge >= 0.3 is 0 Å². The maximum atomic E-state index is 14.7. The number of aliphatic hydroxyl groups is 1. The number of pyridine rings is 1. The van der Waals surface area contributed by atoms with E-state index in [2.05, 4.69) is 41.7 Å². The van der Waals surface area contributed by atoms with Crippen LogP contribution in [0, 0.1) is 5.92 Å². The zero-order chi connectivity index (χ0) is 36.9. The molecule has 0 unspecified atom stereocenters. The minimum Gasteiger partial charge on any atom is -0.390 e. The van der Waals surface area contributed by atoms with Gasteiger partial charge < -0.3 is 29.9 Å². The standard InChI is InChI=1S/C38H50FN7O5S/c1-6-35(47)46-13-7-8-29(46)26-16-30(45-20-24(21-45)32-18-38(4,48)11-15-52(32,49)50)27-19-41-34(17-25(27)36(26)23(2)3)42-33-9-12-40-37(43-33)44-14-10-31(51-5)28(39)22-44/h6,9,12,16-17,19,23-24,28-29,31-32,48H,1,7-8,10-11,13-15,18,20-22H2,2-5H3,(H,40,41,42,43)/t28-,29+,31+,32+,38+/m0/s1. The van der Waals surface area contributed by atoms with Gasteiger partial charge in [0, 0.05) is 62.7 Å². The SMILES string of the molecule is C=CC(=O)N1CCC[C@@H]1c1cc(N2CC([C@H]3C[C@](C)(O)CCS3(=O)=O)C2)c2cnc(Nc3ccnc(N4CC[C@@H](OC)[C@@H](F)C4)n3)cc2c1C(C)C. The van der Waals surface area contributed by atoms with E-state index in [9.17, 15) is 22.7 Å². The van der Waals surface area contributed by atoms with Crippen molar-refractivity contribution >= 4 is 49.8 Å². The zero-order valence-corrected chi connectivity index (χ0v) is 31.3. The van der Waals surface area contributed by atoms with Gasteiger partial charge in [-0.3, -0.25) is 4.79 Å².